The molecule has 1 amide bonds. The summed E-state index contributed by atoms with van der Waals surface area (Å²) in [5.41, 5.74) is 7.30. The molecule has 0 saturated heterocycles. The molecule has 1 heterocycles. The molecule has 2 aromatic rings. The van der Waals surface area contributed by atoms with Gasteiger partial charge in [0, 0.05) is 12.2 Å². The number of anilines is 1. The minimum Gasteiger partial charge on any atom is -0.480 e. The lowest BCUT2D eigenvalue weighted by atomic mass is 10.1. The lowest BCUT2D eigenvalue weighted by Crippen LogP contribution is -2.45. The lowest BCUT2D eigenvalue weighted by Gasteiger charge is -2.15. The first-order valence-electron chi connectivity index (χ1n) is 9.64. The monoisotopic (exact) mass is 415 g/mol. The Kier molecular flexibility index (Phi) is 7.15. The van der Waals surface area contributed by atoms with E-state index in [0.717, 1.165) is 12.8 Å². The van der Waals surface area contributed by atoms with E-state index in [9.17, 15) is 14.7 Å². The van der Waals surface area contributed by atoms with Crippen molar-refractivity contribution >= 4 is 17.8 Å². The molecule has 0 bridgehead atoms. The first-order chi connectivity index (χ1) is 14.5. The van der Waals surface area contributed by atoms with Crippen LogP contribution in [0.15, 0.2) is 30.5 Å². The van der Waals surface area contributed by atoms with E-state index < -0.39 is 18.1 Å². The van der Waals surface area contributed by atoms with E-state index in [0.29, 0.717) is 5.95 Å². The van der Waals surface area contributed by atoms with Crippen molar-refractivity contribution in [1.29, 1.82) is 0 Å². The largest absolute Gasteiger partial charge is 0.480 e. The number of ether oxygens (including phenoxy) is 2. The Hall–Kier alpha value is -3.24. The van der Waals surface area contributed by atoms with Crippen LogP contribution in [-0.2, 0) is 22.4 Å². The molecule has 10 heteroatoms. The van der Waals surface area contributed by atoms with Crippen LogP contribution in [0.3, 0.4) is 0 Å². The summed E-state index contributed by atoms with van der Waals surface area (Å²) in [7, 11) is 1.40. The van der Waals surface area contributed by atoms with Crippen LogP contribution >= 0.6 is 0 Å². The summed E-state index contributed by atoms with van der Waals surface area (Å²) in [6.07, 6.45) is 1.46. The maximum Gasteiger partial charge on any atom is 0.309 e. The van der Waals surface area contributed by atoms with E-state index in [2.05, 4.69) is 38.3 Å². The topological polar surface area (TPSA) is 135 Å². The van der Waals surface area contributed by atoms with Gasteiger partial charge in [-0.05, 0) is 30.9 Å². The van der Waals surface area contributed by atoms with Crippen LogP contribution in [0.5, 0.6) is 5.88 Å². The minimum absolute atomic E-state index is 0.0774. The van der Waals surface area contributed by atoms with Crippen molar-refractivity contribution in [2.45, 2.75) is 38.5 Å². The molecule has 160 valence electrons. The summed E-state index contributed by atoms with van der Waals surface area (Å²) in [5, 5.41) is 13.0. The van der Waals surface area contributed by atoms with E-state index in [4.69, 9.17) is 9.47 Å². The van der Waals surface area contributed by atoms with Gasteiger partial charge in [0.05, 0.1) is 20.1 Å². The van der Waals surface area contributed by atoms with Crippen molar-refractivity contribution in [3.63, 3.8) is 0 Å². The molecule has 0 fully saturated rings. The second kappa shape index (κ2) is 9.99. The summed E-state index contributed by atoms with van der Waals surface area (Å²) < 4.78 is 9.95. The molecule has 3 rings (SSSR count). The number of aliphatic hydroxyl groups is 1. The number of amides is 1. The third-order valence-corrected chi connectivity index (χ3v) is 4.59. The third-order valence-electron chi connectivity index (χ3n) is 4.59. The van der Waals surface area contributed by atoms with Gasteiger partial charge in [0.1, 0.15) is 11.8 Å². The average Bonchev–Trinajstić information content (AvgIpc) is 3.14. The van der Waals surface area contributed by atoms with E-state index in [1.54, 1.807) is 6.92 Å². The molecule has 0 spiro atoms. The number of hydrogen-bond donors (Lipinski definition) is 4. The summed E-state index contributed by atoms with van der Waals surface area (Å²) in [4.78, 5) is 32.2. The Morgan fingerprint density at radius 2 is 1.97 bits per heavy atom. The van der Waals surface area contributed by atoms with Gasteiger partial charge < -0.3 is 19.9 Å². The van der Waals surface area contributed by atoms with Crippen molar-refractivity contribution in [2.24, 2.45) is 0 Å². The summed E-state index contributed by atoms with van der Waals surface area (Å²) >= 11 is 0. The van der Waals surface area contributed by atoms with E-state index in [1.165, 1.54) is 24.4 Å². The zero-order chi connectivity index (χ0) is 21.5. The highest BCUT2D eigenvalue weighted by Crippen LogP contribution is 2.24. The highest BCUT2D eigenvalue weighted by Gasteiger charge is 2.23. The number of hydrogen-bond acceptors (Lipinski definition) is 9. The first-order valence-corrected chi connectivity index (χ1v) is 9.64. The minimum atomic E-state index is -1.30. The second-order valence-corrected chi connectivity index (χ2v) is 6.76. The van der Waals surface area contributed by atoms with Crippen LogP contribution in [0.25, 0.3) is 0 Å². The molecular formula is C20H25N5O5. The zero-order valence-corrected chi connectivity index (χ0v) is 16.8. The Labute approximate surface area is 174 Å². The first kappa shape index (κ1) is 21.5. The van der Waals surface area contributed by atoms with E-state index in [1.807, 2.05) is 12.1 Å². The number of nitrogens with zero attached hydrogens (tertiary/aromatic N) is 2. The molecule has 1 aliphatic rings. The average molecular weight is 415 g/mol. The van der Waals surface area contributed by atoms with Crippen LogP contribution in [0.1, 0.15) is 34.8 Å². The van der Waals surface area contributed by atoms with Crippen LogP contribution in [0.4, 0.5) is 5.95 Å². The van der Waals surface area contributed by atoms with Gasteiger partial charge in [0.15, 0.2) is 0 Å². The zero-order valence-electron chi connectivity index (χ0n) is 16.8. The fourth-order valence-corrected chi connectivity index (χ4v) is 3.24. The van der Waals surface area contributed by atoms with Crippen molar-refractivity contribution < 1.29 is 24.2 Å². The molecule has 30 heavy (non-hydrogen) atoms. The second-order valence-electron chi connectivity index (χ2n) is 6.76. The number of aromatic nitrogens is 2. The van der Waals surface area contributed by atoms with E-state index in [-0.39, 0.29) is 30.5 Å². The molecule has 10 nitrogen and oxygen atoms in total. The predicted octanol–water partition coefficient (Wildman–Crippen LogP) is 0.571. The third kappa shape index (κ3) is 5.43. The summed E-state index contributed by atoms with van der Waals surface area (Å²) in [5.74, 6) is -0.759. The van der Waals surface area contributed by atoms with E-state index >= 15 is 0 Å². The summed E-state index contributed by atoms with van der Waals surface area (Å²) in [6.45, 7) is 1.87. The Balaban J connectivity index is 1.57. The highest BCUT2D eigenvalue weighted by molar-refractivity contribution is 5.95. The maximum absolute atomic E-state index is 12.4. The van der Waals surface area contributed by atoms with Gasteiger partial charge in [0.25, 0.3) is 5.91 Å². The standard InChI is InChI=1S/C20H25N5O5/c1-3-30-17(27)10-16(26)24-25-18(28)15-11-21-20(23-19(15)29-2)22-14-8-12-6-4-5-7-13(12)9-14/h4-7,11,14,16,24,26H,3,8-10H2,1-2H3,(H,25,28)(H,21,22,23). The highest BCUT2D eigenvalue weighted by atomic mass is 16.5. The molecule has 0 radical (unpaired) electrons. The Morgan fingerprint density at radius 1 is 1.27 bits per heavy atom. The number of hydrazine groups is 1. The fraction of sp³-hybridized carbons (Fsp3) is 0.400. The number of fused-ring (bicyclic) bond motifs is 1. The maximum atomic E-state index is 12.4. The number of rotatable bonds is 9. The molecule has 1 atom stereocenters. The fourth-order valence-electron chi connectivity index (χ4n) is 3.24. The van der Waals surface area contributed by atoms with Crippen LogP contribution in [0, 0.1) is 0 Å². The van der Waals surface area contributed by atoms with Gasteiger partial charge in [-0.1, -0.05) is 24.3 Å². The number of esters is 1. The van der Waals surface area contributed by atoms with Gasteiger partial charge >= 0.3 is 5.97 Å². The quantitative estimate of drug-likeness (QED) is 0.263. The molecule has 1 aliphatic carbocycles. The van der Waals surface area contributed by atoms with Crippen molar-refractivity contribution in [2.75, 3.05) is 19.0 Å². The predicted molar refractivity (Wildman–Crippen MR) is 108 cm³/mol. The smallest absolute Gasteiger partial charge is 0.309 e. The summed E-state index contributed by atoms with van der Waals surface area (Å²) in [6, 6.07) is 8.41. The number of methoxy groups -OCH3 is 1. The molecule has 1 unspecified atom stereocenters. The van der Waals surface area contributed by atoms with Crippen molar-refractivity contribution in [3.05, 3.63) is 47.2 Å². The van der Waals surface area contributed by atoms with Gasteiger partial charge in [-0.15, -0.1) is 0 Å². The normalized spacial score (nSPS) is 14.0. The van der Waals surface area contributed by atoms with Crippen molar-refractivity contribution in [1.82, 2.24) is 20.8 Å². The van der Waals surface area contributed by atoms with Crippen LogP contribution in [0.2, 0.25) is 0 Å². The SMILES string of the molecule is CCOC(=O)CC(O)NNC(=O)c1cnc(NC2Cc3ccccc3C2)nc1OC. The number of carbonyl (C=O) groups excluding carboxylic acids is 2. The lowest BCUT2D eigenvalue weighted by molar-refractivity contribution is -0.145. The van der Waals surface area contributed by atoms with Gasteiger partial charge in [0.2, 0.25) is 11.8 Å². The number of nitrogens with one attached hydrogen (secondary N) is 3. The van der Waals surface area contributed by atoms with Gasteiger partial charge in [-0.2, -0.15) is 4.98 Å². The molecular weight excluding hydrogens is 390 g/mol. The Morgan fingerprint density at radius 3 is 2.60 bits per heavy atom. The molecule has 0 saturated carbocycles. The van der Waals surface area contributed by atoms with Crippen molar-refractivity contribution in [3.8, 4) is 5.88 Å². The molecule has 1 aromatic carbocycles. The van der Waals surface area contributed by atoms with Crippen LogP contribution < -0.4 is 20.9 Å². The van der Waals surface area contributed by atoms with Crippen LogP contribution in [-0.4, -0.2) is 52.9 Å². The molecule has 1 aromatic heterocycles. The molecule has 4 N–H and O–H groups in total. The Bertz CT molecular complexity index is 882. The van der Waals surface area contributed by atoms with Gasteiger partial charge in [-0.25, -0.2) is 10.4 Å². The number of carbonyl (C=O) groups is 2. The molecule has 0 aliphatic heterocycles. The number of aliphatic hydroxyl groups excluding tert-OH is 1. The van der Waals surface area contributed by atoms with Gasteiger partial charge in [-0.3, -0.25) is 15.0 Å². The number of benzene rings is 1.